The predicted octanol–water partition coefficient (Wildman–Crippen LogP) is 4.14. The summed E-state index contributed by atoms with van der Waals surface area (Å²) in [6.45, 7) is 6.05. The van der Waals surface area contributed by atoms with Crippen LogP contribution in [0.5, 0.6) is 0 Å². The van der Waals surface area contributed by atoms with Crippen LogP contribution >= 0.6 is 0 Å². The number of ether oxygens (including phenoxy) is 3. The normalized spacial score (nSPS) is 11.6. The second kappa shape index (κ2) is 10.6. The van der Waals surface area contributed by atoms with Gasteiger partial charge in [0.15, 0.2) is 0 Å². The van der Waals surface area contributed by atoms with Gasteiger partial charge in [-0.25, -0.2) is 9.59 Å². The number of hydrogen-bond acceptors (Lipinski definition) is 5. The predicted molar refractivity (Wildman–Crippen MR) is 87.5 cm³/mol. The van der Waals surface area contributed by atoms with Crippen LogP contribution in [0.2, 0.25) is 0 Å². The largest absolute Gasteiger partial charge is 0.508 e. The Labute approximate surface area is 137 Å². The fourth-order valence-electron chi connectivity index (χ4n) is 1.96. The van der Waals surface area contributed by atoms with Gasteiger partial charge in [-0.1, -0.05) is 25.5 Å². The van der Waals surface area contributed by atoms with Crippen LogP contribution in [0.25, 0.3) is 0 Å². The second-order valence-corrected chi connectivity index (χ2v) is 5.34. The van der Waals surface area contributed by atoms with Gasteiger partial charge in [-0.3, -0.25) is 0 Å². The summed E-state index contributed by atoms with van der Waals surface area (Å²) in [5.41, 5.74) is 1.75. The highest BCUT2D eigenvalue weighted by molar-refractivity contribution is 5.89. The summed E-state index contributed by atoms with van der Waals surface area (Å²) in [6, 6.07) is 7.48. The maximum Gasteiger partial charge on any atom is 0.508 e. The van der Waals surface area contributed by atoms with Crippen LogP contribution in [0.15, 0.2) is 24.3 Å². The minimum absolute atomic E-state index is 0.191. The number of aryl methyl sites for hydroxylation is 1. The van der Waals surface area contributed by atoms with E-state index in [-0.39, 0.29) is 25.3 Å². The average molecular weight is 322 g/mol. The zero-order valence-electron chi connectivity index (χ0n) is 14.2. The maximum absolute atomic E-state index is 11.9. The molecule has 0 bridgehead atoms. The number of carbonyl (C=O) groups excluding carboxylic acids is 2. The lowest BCUT2D eigenvalue weighted by atomic mass is 10.1. The fraction of sp³-hybridized carbons (Fsp3) is 0.556. The smallest absolute Gasteiger partial charge is 0.462 e. The molecular weight excluding hydrogens is 296 g/mol. The fourth-order valence-corrected chi connectivity index (χ4v) is 1.96. The van der Waals surface area contributed by atoms with E-state index in [1.54, 1.807) is 26.0 Å². The molecule has 0 amide bonds. The molecule has 0 aliphatic rings. The van der Waals surface area contributed by atoms with Gasteiger partial charge in [-0.15, -0.1) is 0 Å². The van der Waals surface area contributed by atoms with Crippen molar-refractivity contribution in [2.24, 2.45) is 0 Å². The van der Waals surface area contributed by atoms with Gasteiger partial charge in [0.2, 0.25) is 0 Å². The molecule has 0 radical (unpaired) electrons. The Hall–Kier alpha value is -2.04. The molecule has 5 heteroatoms. The summed E-state index contributed by atoms with van der Waals surface area (Å²) in [7, 11) is 0. The number of hydrogen-bond donors (Lipinski definition) is 0. The summed E-state index contributed by atoms with van der Waals surface area (Å²) < 4.78 is 14.8. The van der Waals surface area contributed by atoms with Crippen LogP contribution in [0.4, 0.5) is 4.79 Å². The number of esters is 1. The molecule has 1 unspecified atom stereocenters. The quantitative estimate of drug-likeness (QED) is 0.639. The van der Waals surface area contributed by atoms with E-state index in [9.17, 15) is 9.59 Å². The molecule has 0 N–H and O–H groups in total. The van der Waals surface area contributed by atoms with Crippen LogP contribution in [0.1, 0.15) is 56.0 Å². The summed E-state index contributed by atoms with van der Waals surface area (Å²) in [5.74, 6) is -0.365. The molecular formula is C18H26O5. The first-order valence-electron chi connectivity index (χ1n) is 8.16. The topological polar surface area (TPSA) is 61.8 Å². The molecule has 0 aliphatic carbocycles. The zero-order valence-corrected chi connectivity index (χ0v) is 14.2. The van der Waals surface area contributed by atoms with Gasteiger partial charge in [-0.2, -0.15) is 0 Å². The van der Waals surface area contributed by atoms with Crippen LogP contribution < -0.4 is 0 Å². The number of benzene rings is 1. The van der Waals surface area contributed by atoms with Crippen molar-refractivity contribution >= 4 is 12.1 Å². The monoisotopic (exact) mass is 322 g/mol. The van der Waals surface area contributed by atoms with E-state index in [0.717, 1.165) is 19.3 Å². The minimum atomic E-state index is -0.700. The van der Waals surface area contributed by atoms with Crippen molar-refractivity contribution in [3.05, 3.63) is 35.4 Å². The molecule has 0 saturated carbocycles. The molecule has 1 aromatic carbocycles. The van der Waals surface area contributed by atoms with Gasteiger partial charge in [-0.05, 0) is 44.4 Å². The number of carbonyl (C=O) groups is 2. The minimum Gasteiger partial charge on any atom is -0.462 e. The molecule has 0 aromatic heterocycles. The third-order valence-corrected chi connectivity index (χ3v) is 3.33. The average Bonchev–Trinajstić information content (AvgIpc) is 2.53. The van der Waals surface area contributed by atoms with Crippen molar-refractivity contribution < 1.29 is 23.8 Å². The molecule has 1 rings (SSSR count). The molecule has 0 saturated heterocycles. The van der Waals surface area contributed by atoms with E-state index in [0.29, 0.717) is 12.0 Å². The SMILES string of the molecule is CCCCc1ccc(C(=O)OCCC(C)OC(=O)OCC)cc1. The molecule has 0 fully saturated rings. The third-order valence-electron chi connectivity index (χ3n) is 3.33. The molecule has 0 aliphatic heterocycles. The van der Waals surface area contributed by atoms with Crippen molar-refractivity contribution in [3.8, 4) is 0 Å². The number of unbranched alkanes of at least 4 members (excludes halogenated alkanes) is 1. The highest BCUT2D eigenvalue weighted by atomic mass is 16.7. The van der Waals surface area contributed by atoms with Gasteiger partial charge in [0.05, 0.1) is 18.8 Å². The lowest BCUT2D eigenvalue weighted by Gasteiger charge is -2.12. The Kier molecular flexibility index (Phi) is 8.80. The van der Waals surface area contributed by atoms with Crippen molar-refractivity contribution in [3.63, 3.8) is 0 Å². The Morgan fingerprint density at radius 2 is 1.78 bits per heavy atom. The summed E-state index contributed by atoms with van der Waals surface area (Å²) >= 11 is 0. The first-order chi connectivity index (χ1) is 11.1. The van der Waals surface area contributed by atoms with Crippen LogP contribution in [-0.4, -0.2) is 31.4 Å². The highest BCUT2D eigenvalue weighted by Gasteiger charge is 2.12. The van der Waals surface area contributed by atoms with E-state index >= 15 is 0 Å². The lowest BCUT2D eigenvalue weighted by molar-refractivity contribution is 0.0178. The van der Waals surface area contributed by atoms with E-state index in [1.807, 2.05) is 12.1 Å². The van der Waals surface area contributed by atoms with E-state index < -0.39 is 6.16 Å². The van der Waals surface area contributed by atoms with E-state index in [1.165, 1.54) is 5.56 Å². The molecule has 1 atom stereocenters. The molecule has 128 valence electrons. The second-order valence-electron chi connectivity index (χ2n) is 5.34. The summed E-state index contributed by atoms with van der Waals surface area (Å²) in [5, 5.41) is 0. The van der Waals surface area contributed by atoms with Gasteiger partial charge >= 0.3 is 12.1 Å². The van der Waals surface area contributed by atoms with E-state index in [2.05, 4.69) is 11.7 Å². The van der Waals surface area contributed by atoms with Crippen molar-refractivity contribution in [2.75, 3.05) is 13.2 Å². The van der Waals surface area contributed by atoms with Gasteiger partial charge < -0.3 is 14.2 Å². The van der Waals surface area contributed by atoms with Crippen molar-refractivity contribution in [1.82, 2.24) is 0 Å². The molecule has 0 heterocycles. The van der Waals surface area contributed by atoms with Crippen molar-refractivity contribution in [1.29, 1.82) is 0 Å². The van der Waals surface area contributed by atoms with Crippen LogP contribution in [0, 0.1) is 0 Å². The highest BCUT2D eigenvalue weighted by Crippen LogP contribution is 2.10. The first-order valence-corrected chi connectivity index (χ1v) is 8.16. The Bertz CT molecular complexity index is 481. The van der Waals surface area contributed by atoms with Gasteiger partial charge in [0, 0.05) is 6.42 Å². The standard InChI is InChI=1S/C18H26O5/c1-4-6-7-15-8-10-16(11-9-15)17(19)22-13-12-14(3)23-18(20)21-5-2/h8-11,14H,4-7,12-13H2,1-3H3. The van der Waals surface area contributed by atoms with Crippen molar-refractivity contribution in [2.45, 2.75) is 52.6 Å². The van der Waals surface area contributed by atoms with E-state index in [4.69, 9.17) is 9.47 Å². The van der Waals surface area contributed by atoms with Gasteiger partial charge in [0.1, 0.15) is 6.10 Å². The van der Waals surface area contributed by atoms with Crippen LogP contribution in [-0.2, 0) is 20.6 Å². The Morgan fingerprint density at radius 3 is 2.39 bits per heavy atom. The van der Waals surface area contributed by atoms with Gasteiger partial charge in [0.25, 0.3) is 0 Å². The summed E-state index contributed by atoms with van der Waals surface area (Å²) in [6.07, 6.45) is 2.68. The molecule has 5 nitrogen and oxygen atoms in total. The molecule has 23 heavy (non-hydrogen) atoms. The molecule has 1 aromatic rings. The summed E-state index contributed by atoms with van der Waals surface area (Å²) in [4.78, 5) is 23.0. The zero-order chi connectivity index (χ0) is 17.1. The molecule has 0 spiro atoms. The third kappa shape index (κ3) is 7.68. The number of rotatable bonds is 9. The Balaban J connectivity index is 2.31. The maximum atomic E-state index is 11.9. The Morgan fingerprint density at radius 1 is 1.09 bits per heavy atom. The first kappa shape index (κ1) is 19.0. The van der Waals surface area contributed by atoms with Crippen LogP contribution in [0.3, 0.4) is 0 Å². The lowest BCUT2D eigenvalue weighted by Crippen LogP contribution is -2.18.